The average molecular weight is 243 g/mol. The second-order valence-electron chi connectivity index (χ2n) is 4.96. The van der Waals surface area contributed by atoms with Gasteiger partial charge in [-0.25, -0.2) is 0 Å². The molecule has 0 N–H and O–H groups in total. The van der Waals surface area contributed by atoms with Crippen molar-refractivity contribution in [3.8, 4) is 0 Å². The van der Waals surface area contributed by atoms with Crippen molar-refractivity contribution < 1.29 is 18.0 Å². The van der Waals surface area contributed by atoms with Crippen molar-refractivity contribution in [2.24, 2.45) is 16.7 Å². The zero-order chi connectivity index (χ0) is 12.1. The van der Waals surface area contributed by atoms with Crippen molar-refractivity contribution in [1.29, 1.82) is 0 Å². The first-order chi connectivity index (χ1) is 6.53. The van der Waals surface area contributed by atoms with E-state index < -0.39 is 28.2 Å². The Morgan fingerprint density at radius 2 is 1.80 bits per heavy atom. The quantitative estimate of drug-likeness (QED) is 0.640. The normalized spacial score (nSPS) is 35.5. The molecule has 0 aliphatic heterocycles. The highest BCUT2D eigenvalue weighted by atomic mass is 35.5. The largest absolute Gasteiger partial charge is 0.392 e. The van der Waals surface area contributed by atoms with Gasteiger partial charge in [-0.3, -0.25) is 4.79 Å². The molecule has 0 amide bonds. The predicted molar refractivity (Wildman–Crippen MR) is 51.5 cm³/mol. The molecule has 1 aliphatic rings. The van der Waals surface area contributed by atoms with E-state index in [4.69, 9.17) is 11.6 Å². The zero-order valence-corrected chi connectivity index (χ0v) is 9.67. The van der Waals surface area contributed by atoms with Crippen molar-refractivity contribution in [3.63, 3.8) is 0 Å². The fourth-order valence-electron chi connectivity index (χ4n) is 2.42. The van der Waals surface area contributed by atoms with Crippen LogP contribution in [-0.2, 0) is 4.79 Å². The van der Waals surface area contributed by atoms with Crippen LogP contribution >= 0.6 is 11.6 Å². The molecule has 1 saturated carbocycles. The molecule has 88 valence electrons. The second kappa shape index (κ2) is 3.37. The molecule has 5 heteroatoms. The maximum absolute atomic E-state index is 12.7. The van der Waals surface area contributed by atoms with Gasteiger partial charge in [0.25, 0.3) is 0 Å². The molecule has 0 saturated heterocycles. The molecular formula is C10H14ClF3O. The first-order valence-corrected chi connectivity index (χ1v) is 5.18. The molecule has 0 radical (unpaired) electrons. The van der Waals surface area contributed by atoms with Crippen LogP contribution < -0.4 is 0 Å². The van der Waals surface area contributed by atoms with Gasteiger partial charge >= 0.3 is 6.18 Å². The molecule has 0 bridgehead atoms. The number of rotatable bonds is 1. The first kappa shape index (κ1) is 12.8. The molecule has 1 fully saturated rings. The minimum Gasteiger partial charge on any atom is -0.281 e. The third-order valence-corrected chi connectivity index (χ3v) is 4.47. The number of hydrogen-bond donors (Lipinski definition) is 0. The predicted octanol–water partition coefficient (Wildman–Crippen LogP) is 3.76. The standard InChI is InChI=1S/C10H14ClF3O/c1-8(2)6(10(12,13)14)4-5-9(8,3)7(11)15/h6H,4-5H2,1-3H3/t6-,9-/m0/s1. The van der Waals surface area contributed by atoms with Crippen molar-refractivity contribution in [1.82, 2.24) is 0 Å². The summed E-state index contributed by atoms with van der Waals surface area (Å²) in [6, 6.07) is 0. The summed E-state index contributed by atoms with van der Waals surface area (Å²) < 4.78 is 38.1. The lowest BCUT2D eigenvalue weighted by atomic mass is 9.66. The Hall–Kier alpha value is -0.250. The van der Waals surface area contributed by atoms with Gasteiger partial charge in [-0.15, -0.1) is 0 Å². The van der Waals surface area contributed by atoms with Gasteiger partial charge in [0.2, 0.25) is 5.24 Å². The van der Waals surface area contributed by atoms with E-state index in [0.29, 0.717) is 0 Å². The van der Waals surface area contributed by atoms with Gasteiger partial charge in [-0.1, -0.05) is 20.8 Å². The highest BCUT2D eigenvalue weighted by Crippen LogP contribution is 2.61. The van der Waals surface area contributed by atoms with Crippen LogP contribution in [0.4, 0.5) is 13.2 Å². The van der Waals surface area contributed by atoms with Gasteiger partial charge < -0.3 is 0 Å². The molecule has 15 heavy (non-hydrogen) atoms. The Balaban J connectivity index is 3.10. The van der Waals surface area contributed by atoms with Crippen LogP contribution in [-0.4, -0.2) is 11.4 Å². The Kier molecular flexibility index (Phi) is 2.88. The van der Waals surface area contributed by atoms with E-state index in [2.05, 4.69) is 0 Å². The van der Waals surface area contributed by atoms with E-state index in [9.17, 15) is 18.0 Å². The highest BCUT2D eigenvalue weighted by Gasteiger charge is 2.62. The molecule has 2 atom stereocenters. The van der Waals surface area contributed by atoms with Crippen molar-refractivity contribution in [2.75, 3.05) is 0 Å². The van der Waals surface area contributed by atoms with Crippen LogP contribution in [0, 0.1) is 16.7 Å². The number of carbonyl (C=O) groups is 1. The summed E-state index contributed by atoms with van der Waals surface area (Å²) >= 11 is 5.42. The topological polar surface area (TPSA) is 17.1 Å². The van der Waals surface area contributed by atoms with E-state index in [-0.39, 0.29) is 12.8 Å². The van der Waals surface area contributed by atoms with Gasteiger partial charge in [-0.05, 0) is 29.9 Å². The summed E-state index contributed by atoms with van der Waals surface area (Å²) in [6.07, 6.45) is -4.08. The van der Waals surface area contributed by atoms with Crippen molar-refractivity contribution in [2.45, 2.75) is 39.8 Å². The number of hydrogen-bond acceptors (Lipinski definition) is 1. The van der Waals surface area contributed by atoms with E-state index >= 15 is 0 Å². The van der Waals surface area contributed by atoms with Gasteiger partial charge in [0.1, 0.15) is 0 Å². The summed E-state index contributed by atoms with van der Waals surface area (Å²) in [4.78, 5) is 11.3. The van der Waals surface area contributed by atoms with Crippen molar-refractivity contribution in [3.05, 3.63) is 0 Å². The summed E-state index contributed by atoms with van der Waals surface area (Å²) in [5, 5.41) is -0.667. The fraction of sp³-hybridized carbons (Fsp3) is 0.900. The maximum Gasteiger partial charge on any atom is 0.392 e. The molecule has 0 heterocycles. The van der Waals surface area contributed by atoms with Crippen LogP contribution in [0.15, 0.2) is 0 Å². The summed E-state index contributed by atoms with van der Waals surface area (Å²) in [7, 11) is 0. The number of halogens is 4. The molecule has 1 nitrogen and oxygen atoms in total. The van der Waals surface area contributed by atoms with E-state index in [1.54, 1.807) is 0 Å². The highest BCUT2D eigenvalue weighted by molar-refractivity contribution is 6.64. The lowest BCUT2D eigenvalue weighted by Crippen LogP contribution is -2.43. The van der Waals surface area contributed by atoms with Crippen LogP contribution in [0.25, 0.3) is 0 Å². The summed E-state index contributed by atoms with van der Waals surface area (Å²) in [5.41, 5.74) is -2.21. The Morgan fingerprint density at radius 1 is 1.33 bits per heavy atom. The van der Waals surface area contributed by atoms with E-state index in [1.165, 1.54) is 20.8 Å². The molecule has 1 rings (SSSR count). The lowest BCUT2D eigenvalue weighted by Gasteiger charge is -2.39. The SMILES string of the molecule is CC1(C)[C@@H](C(F)(F)F)CC[C@@]1(C)C(=O)Cl. The third kappa shape index (κ3) is 1.77. The molecule has 0 aromatic heterocycles. The molecule has 0 spiro atoms. The maximum atomic E-state index is 12.7. The van der Waals surface area contributed by atoms with Gasteiger partial charge in [0.15, 0.2) is 0 Å². The smallest absolute Gasteiger partial charge is 0.281 e. The van der Waals surface area contributed by atoms with Crippen LogP contribution in [0.2, 0.25) is 0 Å². The Labute approximate surface area is 92.0 Å². The van der Waals surface area contributed by atoms with Crippen molar-refractivity contribution >= 4 is 16.8 Å². The van der Waals surface area contributed by atoms with E-state index in [0.717, 1.165) is 0 Å². The molecular weight excluding hydrogens is 229 g/mol. The molecule has 0 aromatic rings. The monoisotopic (exact) mass is 242 g/mol. The number of carbonyl (C=O) groups excluding carboxylic acids is 1. The summed E-state index contributed by atoms with van der Waals surface area (Å²) in [5.74, 6) is -1.45. The molecule has 0 aromatic carbocycles. The van der Waals surface area contributed by atoms with Gasteiger partial charge in [0, 0.05) is 5.41 Å². The molecule has 1 aliphatic carbocycles. The number of alkyl halides is 3. The lowest BCUT2D eigenvalue weighted by molar-refractivity contribution is -0.203. The minimum absolute atomic E-state index is 0.0224. The van der Waals surface area contributed by atoms with Crippen LogP contribution in [0.5, 0.6) is 0 Å². The van der Waals surface area contributed by atoms with Gasteiger partial charge in [-0.2, -0.15) is 13.2 Å². The van der Waals surface area contributed by atoms with E-state index in [1.807, 2.05) is 0 Å². The van der Waals surface area contributed by atoms with Crippen LogP contribution in [0.1, 0.15) is 33.6 Å². The third-order valence-electron chi connectivity index (χ3n) is 4.06. The first-order valence-electron chi connectivity index (χ1n) is 4.80. The van der Waals surface area contributed by atoms with Crippen LogP contribution in [0.3, 0.4) is 0 Å². The Morgan fingerprint density at radius 3 is 2.00 bits per heavy atom. The second-order valence-corrected chi connectivity index (χ2v) is 5.30. The Bertz CT molecular complexity index is 285. The fourth-order valence-corrected chi connectivity index (χ4v) is 2.76. The average Bonchev–Trinajstić information content (AvgIpc) is 2.23. The summed E-state index contributed by atoms with van der Waals surface area (Å²) in [6.45, 7) is 4.46. The zero-order valence-electron chi connectivity index (χ0n) is 8.91. The molecule has 0 unspecified atom stereocenters. The minimum atomic E-state index is -4.26. The van der Waals surface area contributed by atoms with Gasteiger partial charge in [0.05, 0.1) is 5.92 Å².